The molecule has 0 aliphatic carbocycles. The van der Waals surface area contributed by atoms with E-state index in [2.05, 4.69) is 33.0 Å². The van der Waals surface area contributed by atoms with Gasteiger partial charge in [-0.15, -0.1) is 0 Å². The average molecular weight is 440 g/mol. The van der Waals surface area contributed by atoms with E-state index >= 15 is 0 Å². The topological polar surface area (TPSA) is 64.6 Å². The van der Waals surface area contributed by atoms with E-state index in [0.717, 1.165) is 54.6 Å². The molecule has 2 aromatic rings. The lowest BCUT2D eigenvalue weighted by atomic mass is 9.85. The van der Waals surface area contributed by atoms with Crippen LogP contribution in [0.15, 0.2) is 36.4 Å². The highest BCUT2D eigenvalue weighted by atomic mass is 16.5. The lowest BCUT2D eigenvalue weighted by Gasteiger charge is -2.25. The standard InChI is InChI=1S/C27H37NO4/c1-7-8-9-11-20(26-23(31-5)12-10-13-24(26)32-6)17-25(30)28-22-16-19(18-29)14-15-21(22)27(2,3)4/h10,12-16,18,20H,7-9,11,17H2,1-6H3,(H,28,30). The molecule has 1 atom stereocenters. The molecule has 0 heterocycles. The summed E-state index contributed by atoms with van der Waals surface area (Å²) < 4.78 is 11.2. The molecule has 0 bridgehead atoms. The van der Waals surface area contributed by atoms with Crippen molar-refractivity contribution in [2.75, 3.05) is 19.5 Å². The van der Waals surface area contributed by atoms with E-state index in [-0.39, 0.29) is 17.2 Å². The summed E-state index contributed by atoms with van der Waals surface area (Å²) in [5, 5.41) is 3.08. The van der Waals surface area contributed by atoms with E-state index < -0.39 is 0 Å². The average Bonchev–Trinajstić information content (AvgIpc) is 2.77. The van der Waals surface area contributed by atoms with Gasteiger partial charge in [0.05, 0.1) is 14.2 Å². The highest BCUT2D eigenvalue weighted by Gasteiger charge is 2.25. The van der Waals surface area contributed by atoms with E-state index in [4.69, 9.17) is 9.47 Å². The maximum absolute atomic E-state index is 13.2. The van der Waals surface area contributed by atoms with Crippen LogP contribution in [-0.4, -0.2) is 26.4 Å². The van der Waals surface area contributed by atoms with Crippen LogP contribution in [0.3, 0.4) is 0 Å². The summed E-state index contributed by atoms with van der Waals surface area (Å²) in [5.74, 6) is 1.34. The van der Waals surface area contributed by atoms with Crippen molar-refractivity contribution in [3.05, 3.63) is 53.1 Å². The van der Waals surface area contributed by atoms with Crippen molar-refractivity contribution >= 4 is 17.9 Å². The molecule has 2 aromatic carbocycles. The highest BCUT2D eigenvalue weighted by Crippen LogP contribution is 2.40. The predicted octanol–water partition coefficient (Wildman–Crippen LogP) is 6.51. The van der Waals surface area contributed by atoms with Crippen molar-refractivity contribution in [1.29, 1.82) is 0 Å². The van der Waals surface area contributed by atoms with E-state index in [1.54, 1.807) is 26.4 Å². The number of carbonyl (C=O) groups excluding carboxylic acids is 2. The first-order chi connectivity index (χ1) is 15.2. The molecule has 174 valence electrons. The molecule has 5 nitrogen and oxygen atoms in total. The molecule has 32 heavy (non-hydrogen) atoms. The molecule has 1 N–H and O–H groups in total. The minimum absolute atomic E-state index is 0.0417. The van der Waals surface area contributed by atoms with Crippen molar-refractivity contribution in [2.24, 2.45) is 0 Å². The number of rotatable bonds is 11. The maximum Gasteiger partial charge on any atom is 0.224 e. The first-order valence-corrected chi connectivity index (χ1v) is 11.4. The molecule has 0 saturated heterocycles. The lowest BCUT2D eigenvalue weighted by molar-refractivity contribution is -0.116. The van der Waals surface area contributed by atoms with Crippen LogP contribution >= 0.6 is 0 Å². The zero-order valence-electron chi connectivity index (χ0n) is 20.3. The van der Waals surface area contributed by atoms with Crippen LogP contribution in [0.2, 0.25) is 0 Å². The van der Waals surface area contributed by atoms with Gasteiger partial charge in [-0.3, -0.25) is 9.59 Å². The van der Waals surface area contributed by atoms with Gasteiger partial charge in [0.1, 0.15) is 17.8 Å². The van der Waals surface area contributed by atoms with Crippen LogP contribution in [0.1, 0.15) is 87.2 Å². The van der Waals surface area contributed by atoms with Gasteiger partial charge in [0.15, 0.2) is 0 Å². The Morgan fingerprint density at radius 3 is 2.25 bits per heavy atom. The number of benzene rings is 2. The van der Waals surface area contributed by atoms with E-state index in [1.807, 2.05) is 24.3 Å². The Morgan fingerprint density at radius 2 is 1.72 bits per heavy atom. The minimum Gasteiger partial charge on any atom is -0.496 e. The molecular weight excluding hydrogens is 402 g/mol. The highest BCUT2D eigenvalue weighted by molar-refractivity contribution is 5.93. The Balaban J connectivity index is 2.36. The summed E-state index contributed by atoms with van der Waals surface area (Å²) in [5.41, 5.74) is 2.98. The fourth-order valence-corrected chi connectivity index (χ4v) is 4.09. The van der Waals surface area contributed by atoms with Crippen LogP contribution in [0.5, 0.6) is 11.5 Å². The number of ether oxygens (including phenoxy) is 2. The van der Waals surface area contributed by atoms with Gasteiger partial charge in [-0.05, 0) is 41.5 Å². The first kappa shape index (κ1) is 25.4. The number of nitrogens with one attached hydrogen (secondary N) is 1. The smallest absolute Gasteiger partial charge is 0.224 e. The molecule has 0 aromatic heterocycles. The van der Waals surface area contributed by atoms with Crippen LogP contribution in [0.4, 0.5) is 5.69 Å². The van der Waals surface area contributed by atoms with Crippen molar-refractivity contribution in [3.8, 4) is 11.5 Å². The van der Waals surface area contributed by atoms with Crippen LogP contribution in [0.25, 0.3) is 0 Å². The summed E-state index contributed by atoms with van der Waals surface area (Å²) in [6.07, 6.45) is 5.19. The second-order valence-corrected chi connectivity index (χ2v) is 9.19. The Hall–Kier alpha value is -2.82. The number of aldehydes is 1. The predicted molar refractivity (Wildman–Crippen MR) is 130 cm³/mol. The quantitative estimate of drug-likeness (QED) is 0.320. The molecule has 0 radical (unpaired) electrons. The summed E-state index contributed by atoms with van der Waals surface area (Å²) in [6.45, 7) is 8.43. The number of hydrogen-bond donors (Lipinski definition) is 1. The number of amides is 1. The number of methoxy groups -OCH3 is 2. The fraction of sp³-hybridized carbons (Fsp3) is 0.481. The van der Waals surface area contributed by atoms with Crippen molar-refractivity contribution in [2.45, 2.75) is 71.1 Å². The molecule has 0 aliphatic rings. The third kappa shape index (κ3) is 6.59. The molecule has 0 fully saturated rings. The Morgan fingerprint density at radius 1 is 1.06 bits per heavy atom. The van der Waals surface area contributed by atoms with Gasteiger partial charge >= 0.3 is 0 Å². The van der Waals surface area contributed by atoms with Gasteiger partial charge in [-0.1, -0.05) is 65.2 Å². The van der Waals surface area contributed by atoms with Crippen molar-refractivity contribution in [3.63, 3.8) is 0 Å². The second-order valence-electron chi connectivity index (χ2n) is 9.19. The van der Waals surface area contributed by atoms with Gasteiger partial charge < -0.3 is 14.8 Å². The number of carbonyl (C=O) groups is 2. The summed E-state index contributed by atoms with van der Waals surface area (Å²) >= 11 is 0. The van der Waals surface area contributed by atoms with Gasteiger partial charge in [0, 0.05) is 23.2 Å². The number of anilines is 1. The Kier molecular flexibility index (Phi) is 9.30. The SMILES string of the molecule is CCCCCC(CC(=O)Nc1cc(C=O)ccc1C(C)(C)C)c1c(OC)cccc1OC. The molecule has 1 unspecified atom stereocenters. The Bertz CT molecular complexity index is 892. The lowest BCUT2D eigenvalue weighted by Crippen LogP contribution is -2.21. The van der Waals surface area contributed by atoms with Gasteiger partial charge in [-0.2, -0.15) is 0 Å². The molecular formula is C27H37NO4. The molecule has 5 heteroatoms. The zero-order chi connectivity index (χ0) is 23.7. The largest absolute Gasteiger partial charge is 0.496 e. The van der Waals surface area contributed by atoms with Crippen molar-refractivity contribution < 1.29 is 19.1 Å². The zero-order valence-corrected chi connectivity index (χ0v) is 20.3. The van der Waals surface area contributed by atoms with E-state index in [9.17, 15) is 9.59 Å². The summed E-state index contributed by atoms with van der Waals surface area (Å²) in [7, 11) is 3.28. The molecule has 0 saturated carbocycles. The van der Waals surface area contributed by atoms with E-state index in [0.29, 0.717) is 17.7 Å². The minimum atomic E-state index is -0.170. The normalized spacial score (nSPS) is 12.2. The molecule has 2 rings (SSSR count). The van der Waals surface area contributed by atoms with E-state index in [1.165, 1.54) is 0 Å². The molecule has 0 spiro atoms. The van der Waals surface area contributed by atoms with Gasteiger partial charge in [0.2, 0.25) is 5.91 Å². The van der Waals surface area contributed by atoms with Crippen LogP contribution in [-0.2, 0) is 10.2 Å². The number of hydrogen-bond acceptors (Lipinski definition) is 4. The first-order valence-electron chi connectivity index (χ1n) is 11.4. The molecule has 1 amide bonds. The second kappa shape index (κ2) is 11.7. The third-order valence-corrected chi connectivity index (χ3v) is 5.72. The Labute approximate surface area is 192 Å². The summed E-state index contributed by atoms with van der Waals surface area (Å²) in [4.78, 5) is 24.5. The maximum atomic E-state index is 13.2. The molecule has 0 aliphatic heterocycles. The monoisotopic (exact) mass is 439 g/mol. The summed E-state index contributed by atoms with van der Waals surface area (Å²) in [6, 6.07) is 11.2. The fourth-order valence-electron chi connectivity index (χ4n) is 4.09. The number of unbranched alkanes of at least 4 members (excludes halogenated alkanes) is 2. The van der Waals surface area contributed by atoms with Gasteiger partial charge in [-0.25, -0.2) is 0 Å². The van der Waals surface area contributed by atoms with Crippen molar-refractivity contribution in [1.82, 2.24) is 0 Å². The third-order valence-electron chi connectivity index (χ3n) is 5.72. The van der Waals surface area contributed by atoms with Crippen LogP contribution in [0, 0.1) is 0 Å². The van der Waals surface area contributed by atoms with Gasteiger partial charge in [0.25, 0.3) is 0 Å². The van der Waals surface area contributed by atoms with Crippen LogP contribution < -0.4 is 14.8 Å².